The van der Waals surface area contributed by atoms with Crippen molar-refractivity contribution in [3.05, 3.63) is 60.7 Å². The van der Waals surface area contributed by atoms with Crippen LogP contribution in [0.4, 0.5) is 0 Å². The van der Waals surface area contributed by atoms with Crippen molar-refractivity contribution in [2.75, 3.05) is 7.05 Å². The first-order valence-corrected chi connectivity index (χ1v) is 6.91. The number of nitrogens with zero attached hydrogens (tertiary/aromatic N) is 1. The summed E-state index contributed by atoms with van der Waals surface area (Å²) in [6.07, 6.45) is 0. The molecular weight excluding hydrogens is 214 g/mol. The lowest BCUT2D eigenvalue weighted by Gasteiger charge is -2.15. The molecule has 0 aromatic heterocycles. The molecule has 0 radical (unpaired) electrons. The molecule has 0 aliphatic rings. The van der Waals surface area contributed by atoms with Gasteiger partial charge >= 0.3 is 0 Å². The maximum absolute atomic E-state index is 4.53. The van der Waals surface area contributed by atoms with Crippen molar-refractivity contribution < 1.29 is 0 Å². The quantitative estimate of drug-likeness (QED) is 0.699. The Bertz CT molecular complexity index is 519. The maximum atomic E-state index is 4.53. The molecule has 2 rings (SSSR count). The lowest BCUT2D eigenvalue weighted by atomic mass is 10.4. The second-order valence-corrected chi connectivity index (χ2v) is 6.22. The van der Waals surface area contributed by atoms with Crippen LogP contribution in [0.3, 0.4) is 0 Å². The molecular formula is C14H15NS. The molecule has 0 fully saturated rings. The van der Waals surface area contributed by atoms with E-state index in [0.717, 1.165) is 0 Å². The van der Waals surface area contributed by atoms with Crippen LogP contribution in [-0.4, -0.2) is 12.9 Å². The normalized spacial score (nSPS) is 11.1. The predicted octanol–water partition coefficient (Wildman–Crippen LogP) is 3.50. The zero-order chi connectivity index (χ0) is 11.4. The van der Waals surface area contributed by atoms with Gasteiger partial charge in [0.05, 0.1) is 0 Å². The molecule has 0 saturated carbocycles. The SMILES string of the molecule is C=S(=NC)(c1ccccc1)c1ccccc1. The highest BCUT2D eigenvalue weighted by molar-refractivity contribution is 8.02. The summed E-state index contributed by atoms with van der Waals surface area (Å²) in [5, 5.41) is 0. The van der Waals surface area contributed by atoms with Crippen molar-refractivity contribution in [3.8, 4) is 0 Å². The lowest BCUT2D eigenvalue weighted by Crippen LogP contribution is -2.00. The minimum atomic E-state index is -1.46. The molecule has 16 heavy (non-hydrogen) atoms. The fourth-order valence-corrected chi connectivity index (χ4v) is 3.55. The Kier molecular flexibility index (Phi) is 3.11. The van der Waals surface area contributed by atoms with Crippen molar-refractivity contribution in [1.82, 2.24) is 0 Å². The van der Waals surface area contributed by atoms with Crippen LogP contribution in [0, 0.1) is 0 Å². The first kappa shape index (κ1) is 11.0. The van der Waals surface area contributed by atoms with Crippen LogP contribution in [0.2, 0.25) is 0 Å². The molecule has 0 aliphatic carbocycles. The van der Waals surface area contributed by atoms with Gasteiger partial charge in [-0.3, -0.25) is 4.36 Å². The summed E-state index contributed by atoms with van der Waals surface area (Å²) in [4.78, 5) is 2.40. The van der Waals surface area contributed by atoms with E-state index in [2.05, 4.69) is 34.5 Å². The topological polar surface area (TPSA) is 12.4 Å². The Hall–Kier alpha value is -1.54. The molecule has 0 aliphatic heterocycles. The van der Waals surface area contributed by atoms with Gasteiger partial charge in [0.2, 0.25) is 0 Å². The summed E-state index contributed by atoms with van der Waals surface area (Å²) in [6, 6.07) is 20.6. The molecule has 2 aromatic carbocycles. The van der Waals surface area contributed by atoms with Gasteiger partial charge in [0.15, 0.2) is 0 Å². The number of rotatable bonds is 2. The van der Waals surface area contributed by atoms with E-state index in [1.807, 2.05) is 43.4 Å². The first-order chi connectivity index (χ1) is 7.77. The van der Waals surface area contributed by atoms with Gasteiger partial charge in [0, 0.05) is 16.8 Å². The van der Waals surface area contributed by atoms with Crippen molar-refractivity contribution >= 4 is 15.3 Å². The maximum Gasteiger partial charge on any atom is 0.0348 e. The molecule has 82 valence electrons. The first-order valence-electron chi connectivity index (χ1n) is 5.15. The van der Waals surface area contributed by atoms with Crippen molar-refractivity contribution in [2.24, 2.45) is 4.36 Å². The fraction of sp³-hybridized carbons (Fsp3) is 0.0714. The zero-order valence-corrected chi connectivity index (χ0v) is 10.2. The van der Waals surface area contributed by atoms with Crippen LogP contribution in [0.15, 0.2) is 74.8 Å². The van der Waals surface area contributed by atoms with E-state index in [9.17, 15) is 0 Å². The molecule has 0 spiro atoms. The molecule has 2 aromatic rings. The van der Waals surface area contributed by atoms with E-state index in [0.29, 0.717) is 0 Å². The fourth-order valence-electron chi connectivity index (χ4n) is 1.64. The highest BCUT2D eigenvalue weighted by Gasteiger charge is 2.06. The third kappa shape index (κ3) is 1.89. The van der Waals surface area contributed by atoms with Gasteiger partial charge in [-0.2, -0.15) is 0 Å². The Labute approximate surface area is 97.4 Å². The average molecular weight is 229 g/mol. The molecule has 2 heteroatoms. The minimum absolute atomic E-state index is 1.20. The molecule has 0 saturated heterocycles. The second kappa shape index (κ2) is 4.54. The summed E-state index contributed by atoms with van der Waals surface area (Å²) >= 11 is 0. The van der Waals surface area contributed by atoms with Crippen molar-refractivity contribution in [2.45, 2.75) is 9.79 Å². The van der Waals surface area contributed by atoms with Gasteiger partial charge < -0.3 is 0 Å². The summed E-state index contributed by atoms with van der Waals surface area (Å²) in [5.74, 6) is 4.35. The Morgan fingerprint density at radius 2 is 1.19 bits per heavy atom. The standard InChI is InChI=1S/C14H15NS/c1-15-16(2,13-9-5-3-6-10-13)14-11-7-4-8-12-14/h3-12H,2H2,1H3. The van der Waals surface area contributed by atoms with E-state index in [1.54, 1.807) is 0 Å². The monoisotopic (exact) mass is 229 g/mol. The summed E-state index contributed by atoms with van der Waals surface area (Å²) in [6.45, 7) is 0. The number of hydrogen-bond donors (Lipinski definition) is 0. The van der Waals surface area contributed by atoms with Gasteiger partial charge in [-0.05, 0) is 24.3 Å². The molecule has 0 N–H and O–H groups in total. The van der Waals surface area contributed by atoms with E-state index in [4.69, 9.17) is 0 Å². The van der Waals surface area contributed by atoms with Gasteiger partial charge in [-0.25, -0.2) is 0 Å². The van der Waals surface area contributed by atoms with Gasteiger partial charge in [0.1, 0.15) is 0 Å². The van der Waals surface area contributed by atoms with E-state index in [-0.39, 0.29) is 0 Å². The molecule has 0 bridgehead atoms. The third-order valence-electron chi connectivity index (χ3n) is 2.58. The van der Waals surface area contributed by atoms with Gasteiger partial charge in [-0.1, -0.05) is 51.7 Å². The zero-order valence-electron chi connectivity index (χ0n) is 9.34. The van der Waals surface area contributed by atoms with Crippen LogP contribution in [-0.2, 0) is 9.41 Å². The van der Waals surface area contributed by atoms with E-state index < -0.39 is 9.41 Å². The van der Waals surface area contributed by atoms with E-state index in [1.165, 1.54) is 9.79 Å². The Morgan fingerprint density at radius 1 is 0.812 bits per heavy atom. The smallest absolute Gasteiger partial charge is 0.0348 e. The highest BCUT2D eigenvalue weighted by atomic mass is 32.2. The highest BCUT2D eigenvalue weighted by Crippen LogP contribution is 2.22. The Balaban J connectivity index is 2.64. The van der Waals surface area contributed by atoms with Crippen LogP contribution in [0.5, 0.6) is 0 Å². The molecule has 1 nitrogen and oxygen atoms in total. The largest absolute Gasteiger partial charge is 0.266 e. The van der Waals surface area contributed by atoms with E-state index >= 15 is 0 Å². The number of hydrogen-bond acceptors (Lipinski definition) is 1. The van der Waals surface area contributed by atoms with Crippen LogP contribution < -0.4 is 0 Å². The minimum Gasteiger partial charge on any atom is -0.266 e. The summed E-state index contributed by atoms with van der Waals surface area (Å²) in [7, 11) is 0.390. The lowest BCUT2D eigenvalue weighted by molar-refractivity contribution is 1.35. The summed E-state index contributed by atoms with van der Waals surface area (Å²) < 4.78 is 4.53. The van der Waals surface area contributed by atoms with Gasteiger partial charge in [0.25, 0.3) is 0 Å². The average Bonchev–Trinajstić information content (AvgIpc) is 2.40. The van der Waals surface area contributed by atoms with Crippen LogP contribution in [0.25, 0.3) is 0 Å². The van der Waals surface area contributed by atoms with Crippen molar-refractivity contribution in [3.63, 3.8) is 0 Å². The number of benzene rings is 2. The van der Waals surface area contributed by atoms with Gasteiger partial charge in [-0.15, -0.1) is 0 Å². The molecule has 0 unspecified atom stereocenters. The van der Waals surface area contributed by atoms with Crippen LogP contribution >= 0.6 is 0 Å². The molecule has 0 heterocycles. The van der Waals surface area contributed by atoms with Crippen LogP contribution in [0.1, 0.15) is 0 Å². The second-order valence-electron chi connectivity index (χ2n) is 3.51. The third-order valence-corrected chi connectivity index (χ3v) is 5.31. The van der Waals surface area contributed by atoms with Crippen molar-refractivity contribution in [1.29, 1.82) is 0 Å². The predicted molar refractivity (Wildman–Crippen MR) is 72.3 cm³/mol. The molecule has 0 atom stereocenters. The Morgan fingerprint density at radius 3 is 1.50 bits per heavy atom. The summed E-state index contributed by atoms with van der Waals surface area (Å²) in [5.41, 5.74) is 0. The molecule has 0 amide bonds.